The Labute approximate surface area is 139 Å². The summed E-state index contributed by atoms with van der Waals surface area (Å²) in [6.45, 7) is 0. The Balaban J connectivity index is 1.92. The lowest BCUT2D eigenvalue weighted by Gasteiger charge is -2.11. The number of para-hydroxylation sites is 2. The summed E-state index contributed by atoms with van der Waals surface area (Å²) >= 11 is 0. The lowest BCUT2D eigenvalue weighted by atomic mass is 10.0. The molecule has 0 saturated heterocycles. The van der Waals surface area contributed by atoms with Crippen LogP contribution < -0.4 is 20.5 Å². The van der Waals surface area contributed by atoms with E-state index in [1.807, 2.05) is 78.9 Å². The standard InChI is InChI=1S/C21H15NO2/c23-21(22-16-9-2-1-3-10-16)20-17-11-5-4-8-15(17)14-24-19-13-7-6-12-18(19)20/h1-14H,(H,22,23). The van der Waals surface area contributed by atoms with Crippen molar-refractivity contribution in [2.45, 2.75) is 0 Å². The number of benzene rings is 3. The van der Waals surface area contributed by atoms with Crippen molar-refractivity contribution >= 4 is 23.4 Å². The van der Waals surface area contributed by atoms with Crippen molar-refractivity contribution in [3.63, 3.8) is 0 Å². The summed E-state index contributed by atoms with van der Waals surface area (Å²) in [6.07, 6.45) is 1.69. The predicted octanol–water partition coefficient (Wildman–Crippen LogP) is 2.65. The number of rotatable bonds is 2. The van der Waals surface area contributed by atoms with Gasteiger partial charge < -0.3 is 10.1 Å². The molecule has 1 N–H and O–H groups in total. The van der Waals surface area contributed by atoms with E-state index in [1.54, 1.807) is 6.26 Å². The summed E-state index contributed by atoms with van der Waals surface area (Å²) in [7, 11) is 0. The van der Waals surface area contributed by atoms with Gasteiger partial charge in [0.05, 0.1) is 11.8 Å². The first kappa shape index (κ1) is 14.3. The number of fused-ring (bicyclic) bond motifs is 2. The van der Waals surface area contributed by atoms with E-state index < -0.39 is 0 Å². The molecule has 0 aromatic heterocycles. The van der Waals surface area contributed by atoms with Crippen LogP contribution in [0.5, 0.6) is 5.75 Å². The molecule has 0 aliphatic carbocycles. The Hall–Kier alpha value is -3.33. The third-order valence-electron chi connectivity index (χ3n) is 3.96. The van der Waals surface area contributed by atoms with Gasteiger partial charge in [-0.1, -0.05) is 60.7 Å². The van der Waals surface area contributed by atoms with Crippen molar-refractivity contribution in [2.24, 2.45) is 0 Å². The maximum atomic E-state index is 13.0. The van der Waals surface area contributed by atoms with Crippen LogP contribution in [0.3, 0.4) is 0 Å². The van der Waals surface area contributed by atoms with Crippen LogP contribution in [0.25, 0.3) is 11.8 Å². The third kappa shape index (κ3) is 2.57. The molecule has 3 heteroatoms. The van der Waals surface area contributed by atoms with E-state index in [-0.39, 0.29) is 5.91 Å². The average molecular weight is 313 g/mol. The van der Waals surface area contributed by atoms with Gasteiger partial charge in [0.1, 0.15) is 5.75 Å². The van der Waals surface area contributed by atoms with Crippen LogP contribution in [0, 0.1) is 0 Å². The van der Waals surface area contributed by atoms with Crippen LogP contribution in [-0.2, 0) is 4.79 Å². The lowest BCUT2D eigenvalue weighted by molar-refractivity contribution is -0.111. The number of hydrogen-bond donors (Lipinski definition) is 1. The van der Waals surface area contributed by atoms with Crippen LogP contribution in [0.4, 0.5) is 5.69 Å². The Morgan fingerprint density at radius 1 is 0.792 bits per heavy atom. The zero-order valence-corrected chi connectivity index (χ0v) is 12.9. The molecule has 1 amide bonds. The molecular weight excluding hydrogens is 298 g/mol. The molecule has 4 rings (SSSR count). The fraction of sp³-hybridized carbons (Fsp3) is 0. The van der Waals surface area contributed by atoms with Crippen molar-refractivity contribution in [3.8, 4) is 5.75 Å². The highest BCUT2D eigenvalue weighted by Crippen LogP contribution is 2.26. The topological polar surface area (TPSA) is 38.3 Å². The van der Waals surface area contributed by atoms with Crippen molar-refractivity contribution in [2.75, 3.05) is 5.32 Å². The second-order valence-corrected chi connectivity index (χ2v) is 5.51. The minimum atomic E-state index is -0.153. The number of carbonyl (C=O) groups is 1. The average Bonchev–Trinajstić information content (AvgIpc) is 2.79. The van der Waals surface area contributed by atoms with Gasteiger partial charge in [-0.2, -0.15) is 0 Å². The zero-order valence-electron chi connectivity index (χ0n) is 12.9. The molecule has 0 atom stereocenters. The first-order chi connectivity index (χ1) is 11.8. The van der Waals surface area contributed by atoms with Crippen molar-refractivity contribution < 1.29 is 9.53 Å². The van der Waals surface area contributed by atoms with Crippen LogP contribution in [0.2, 0.25) is 0 Å². The molecule has 0 saturated carbocycles. The smallest absolute Gasteiger partial charge is 0.257 e. The van der Waals surface area contributed by atoms with Crippen LogP contribution >= 0.6 is 0 Å². The number of nitrogens with one attached hydrogen (secondary N) is 1. The molecule has 3 aromatic rings. The molecule has 1 heterocycles. The fourth-order valence-corrected chi connectivity index (χ4v) is 2.84. The first-order valence-electron chi connectivity index (χ1n) is 7.75. The summed E-state index contributed by atoms with van der Waals surface area (Å²) in [5.74, 6) is 0.520. The maximum absolute atomic E-state index is 13.0. The third-order valence-corrected chi connectivity index (χ3v) is 3.96. The largest absolute Gasteiger partial charge is 0.464 e. The Bertz CT molecular complexity index is 1020. The molecule has 0 radical (unpaired) electrons. The van der Waals surface area contributed by atoms with Gasteiger partial charge in [-0.05, 0) is 23.4 Å². The summed E-state index contributed by atoms with van der Waals surface area (Å²) in [4.78, 5) is 13.0. The van der Waals surface area contributed by atoms with E-state index >= 15 is 0 Å². The van der Waals surface area contributed by atoms with E-state index in [2.05, 4.69) is 5.32 Å². The van der Waals surface area contributed by atoms with Gasteiger partial charge in [0.15, 0.2) is 0 Å². The Kier molecular flexibility index (Phi) is 3.60. The molecular formula is C21H15NO2. The molecule has 0 unspecified atom stereocenters. The summed E-state index contributed by atoms with van der Waals surface area (Å²) in [6, 6.07) is 24.8. The van der Waals surface area contributed by atoms with E-state index in [9.17, 15) is 4.79 Å². The summed E-state index contributed by atoms with van der Waals surface area (Å²) in [5.41, 5.74) is 2.16. The molecule has 1 aliphatic rings. The van der Waals surface area contributed by atoms with Gasteiger partial charge in [-0.3, -0.25) is 4.79 Å². The van der Waals surface area contributed by atoms with Crippen molar-refractivity contribution in [3.05, 3.63) is 94.9 Å². The Morgan fingerprint density at radius 2 is 1.50 bits per heavy atom. The van der Waals surface area contributed by atoms with Crippen LogP contribution in [0.1, 0.15) is 5.56 Å². The highest BCUT2D eigenvalue weighted by molar-refractivity contribution is 6.25. The highest BCUT2D eigenvalue weighted by Gasteiger charge is 2.19. The summed E-state index contributed by atoms with van der Waals surface area (Å²) < 4.78 is 5.78. The summed E-state index contributed by atoms with van der Waals surface area (Å²) in [5, 5.41) is 4.71. The molecule has 116 valence electrons. The van der Waals surface area contributed by atoms with Gasteiger partial charge in [0, 0.05) is 16.5 Å². The van der Waals surface area contributed by atoms with Gasteiger partial charge in [0.2, 0.25) is 0 Å². The quantitative estimate of drug-likeness (QED) is 0.790. The number of ether oxygens (including phenoxy) is 1. The zero-order chi connectivity index (χ0) is 16.4. The van der Waals surface area contributed by atoms with Gasteiger partial charge >= 0.3 is 0 Å². The maximum Gasteiger partial charge on any atom is 0.257 e. The fourth-order valence-electron chi connectivity index (χ4n) is 2.84. The number of amides is 1. The minimum Gasteiger partial charge on any atom is -0.464 e. The number of carbonyl (C=O) groups excluding carboxylic acids is 1. The molecule has 3 nitrogen and oxygen atoms in total. The van der Waals surface area contributed by atoms with Gasteiger partial charge in [0.25, 0.3) is 5.91 Å². The second kappa shape index (κ2) is 6.05. The number of anilines is 1. The lowest BCUT2D eigenvalue weighted by Crippen LogP contribution is -2.31. The molecule has 3 aromatic carbocycles. The van der Waals surface area contributed by atoms with Gasteiger partial charge in [-0.15, -0.1) is 0 Å². The van der Waals surface area contributed by atoms with E-state index in [1.165, 1.54) is 0 Å². The molecule has 0 spiro atoms. The SMILES string of the molecule is O=C(Nc1ccccc1)C1=c2ccccc2=COc2ccccc21. The molecule has 0 bridgehead atoms. The van der Waals surface area contributed by atoms with E-state index in [0.717, 1.165) is 21.7 Å². The van der Waals surface area contributed by atoms with Crippen LogP contribution in [-0.4, -0.2) is 5.91 Å². The molecule has 0 fully saturated rings. The Morgan fingerprint density at radius 3 is 2.38 bits per heavy atom. The number of hydrogen-bond acceptors (Lipinski definition) is 2. The van der Waals surface area contributed by atoms with Gasteiger partial charge in [-0.25, -0.2) is 0 Å². The first-order valence-corrected chi connectivity index (χ1v) is 7.75. The minimum absolute atomic E-state index is 0.153. The van der Waals surface area contributed by atoms with Crippen LogP contribution in [0.15, 0.2) is 78.9 Å². The van der Waals surface area contributed by atoms with Crippen molar-refractivity contribution in [1.29, 1.82) is 0 Å². The highest BCUT2D eigenvalue weighted by atomic mass is 16.5. The molecule has 1 aliphatic heterocycles. The monoisotopic (exact) mass is 313 g/mol. The normalized spacial score (nSPS) is 12.1. The molecule has 24 heavy (non-hydrogen) atoms. The van der Waals surface area contributed by atoms with E-state index in [4.69, 9.17) is 4.74 Å². The van der Waals surface area contributed by atoms with Crippen molar-refractivity contribution in [1.82, 2.24) is 0 Å². The second-order valence-electron chi connectivity index (χ2n) is 5.51. The van der Waals surface area contributed by atoms with E-state index in [0.29, 0.717) is 11.3 Å². The predicted molar refractivity (Wildman–Crippen MR) is 94.8 cm³/mol.